The summed E-state index contributed by atoms with van der Waals surface area (Å²) in [6.45, 7) is 7.14. The van der Waals surface area contributed by atoms with Gasteiger partial charge in [0.15, 0.2) is 0 Å². The van der Waals surface area contributed by atoms with Crippen molar-refractivity contribution in [1.29, 1.82) is 0 Å². The van der Waals surface area contributed by atoms with Gasteiger partial charge >= 0.3 is 5.97 Å². The lowest BCUT2D eigenvalue weighted by atomic mass is 9.97. The zero-order valence-electron chi connectivity index (χ0n) is 10.4. The molecule has 0 aromatic carbocycles. The van der Waals surface area contributed by atoms with E-state index in [9.17, 15) is 9.59 Å². The molecule has 16 heavy (non-hydrogen) atoms. The molecule has 94 valence electrons. The van der Waals surface area contributed by atoms with E-state index in [1.165, 1.54) is 0 Å². The van der Waals surface area contributed by atoms with Crippen LogP contribution in [0, 0.1) is 5.92 Å². The first-order valence-electron chi connectivity index (χ1n) is 5.48. The summed E-state index contributed by atoms with van der Waals surface area (Å²) in [4.78, 5) is 22.5. The Morgan fingerprint density at radius 2 is 1.94 bits per heavy atom. The number of hydrogen-bond donors (Lipinski definition) is 3. The Balaban J connectivity index is 4.42. The normalized spacial score (nSPS) is 15.3. The molecule has 0 aliphatic rings. The molecule has 0 aliphatic heterocycles. The lowest BCUT2D eigenvalue weighted by Crippen LogP contribution is -2.48. The first-order valence-corrected chi connectivity index (χ1v) is 5.48. The average molecular weight is 230 g/mol. The second kappa shape index (κ2) is 5.84. The lowest BCUT2D eigenvalue weighted by Gasteiger charge is -2.23. The monoisotopic (exact) mass is 230 g/mol. The molecule has 5 nitrogen and oxygen atoms in total. The van der Waals surface area contributed by atoms with Gasteiger partial charge in [-0.2, -0.15) is 0 Å². The standard InChI is InChI=1S/C11H22N2O3/c1-5-7(2)9(10(15)16)13-8(14)6-11(3,4)12/h7,9H,5-6,12H2,1-4H3,(H,13,14)(H,15,16)/t7-,9-/m0/s1. The second-order valence-corrected chi connectivity index (χ2v) is 4.93. The van der Waals surface area contributed by atoms with E-state index in [1.807, 2.05) is 6.92 Å². The van der Waals surface area contributed by atoms with Crippen LogP contribution in [-0.4, -0.2) is 28.6 Å². The van der Waals surface area contributed by atoms with Crippen LogP contribution in [0.5, 0.6) is 0 Å². The van der Waals surface area contributed by atoms with E-state index in [0.29, 0.717) is 6.42 Å². The predicted octanol–water partition coefficient (Wildman–Crippen LogP) is 0.729. The summed E-state index contributed by atoms with van der Waals surface area (Å²) < 4.78 is 0. The van der Waals surface area contributed by atoms with Crippen LogP contribution in [0.2, 0.25) is 0 Å². The predicted molar refractivity (Wildman–Crippen MR) is 61.9 cm³/mol. The molecule has 0 fully saturated rings. The highest BCUT2D eigenvalue weighted by atomic mass is 16.4. The second-order valence-electron chi connectivity index (χ2n) is 4.93. The zero-order valence-corrected chi connectivity index (χ0v) is 10.4. The molecule has 0 unspecified atom stereocenters. The SMILES string of the molecule is CC[C@H](C)[C@H](NC(=O)CC(C)(C)N)C(=O)O. The topological polar surface area (TPSA) is 92.4 Å². The van der Waals surface area contributed by atoms with Gasteiger partial charge in [0.05, 0.1) is 0 Å². The van der Waals surface area contributed by atoms with Gasteiger partial charge in [-0.05, 0) is 19.8 Å². The molecular weight excluding hydrogens is 208 g/mol. The molecule has 0 saturated carbocycles. The summed E-state index contributed by atoms with van der Waals surface area (Å²) in [7, 11) is 0. The van der Waals surface area contributed by atoms with E-state index < -0.39 is 17.6 Å². The van der Waals surface area contributed by atoms with Crippen molar-refractivity contribution in [3.8, 4) is 0 Å². The van der Waals surface area contributed by atoms with E-state index in [4.69, 9.17) is 10.8 Å². The third-order valence-corrected chi connectivity index (χ3v) is 2.41. The maximum Gasteiger partial charge on any atom is 0.326 e. The Morgan fingerprint density at radius 3 is 2.25 bits per heavy atom. The van der Waals surface area contributed by atoms with Crippen LogP contribution < -0.4 is 11.1 Å². The minimum absolute atomic E-state index is 0.0951. The average Bonchev–Trinajstić information content (AvgIpc) is 2.09. The van der Waals surface area contributed by atoms with Crippen molar-refractivity contribution in [3.05, 3.63) is 0 Å². The molecule has 0 radical (unpaired) electrons. The number of amides is 1. The summed E-state index contributed by atoms with van der Waals surface area (Å²) in [6.07, 6.45) is 0.816. The van der Waals surface area contributed by atoms with Crippen molar-refractivity contribution in [2.45, 2.75) is 52.1 Å². The number of carboxylic acids is 1. The van der Waals surface area contributed by atoms with E-state index in [-0.39, 0.29) is 18.2 Å². The van der Waals surface area contributed by atoms with Crippen molar-refractivity contribution < 1.29 is 14.7 Å². The molecular formula is C11H22N2O3. The Labute approximate surface area is 96.4 Å². The van der Waals surface area contributed by atoms with Crippen LogP contribution in [0.25, 0.3) is 0 Å². The van der Waals surface area contributed by atoms with Gasteiger partial charge in [-0.25, -0.2) is 4.79 Å². The number of carbonyl (C=O) groups is 2. The number of rotatable bonds is 6. The van der Waals surface area contributed by atoms with Gasteiger partial charge in [-0.15, -0.1) is 0 Å². The molecule has 0 rings (SSSR count). The van der Waals surface area contributed by atoms with Crippen LogP contribution >= 0.6 is 0 Å². The number of carboxylic acid groups (broad SMARTS) is 1. The molecule has 2 atom stereocenters. The summed E-state index contributed by atoms with van der Waals surface area (Å²) in [5.41, 5.74) is 5.07. The highest BCUT2D eigenvalue weighted by Gasteiger charge is 2.26. The number of hydrogen-bond acceptors (Lipinski definition) is 3. The molecule has 5 heteroatoms. The number of aliphatic carboxylic acids is 1. The van der Waals surface area contributed by atoms with Crippen molar-refractivity contribution in [2.24, 2.45) is 11.7 Å². The molecule has 0 bridgehead atoms. The van der Waals surface area contributed by atoms with E-state index in [0.717, 1.165) is 0 Å². The third kappa shape index (κ3) is 5.70. The smallest absolute Gasteiger partial charge is 0.326 e. The Kier molecular flexibility index (Phi) is 5.44. The minimum Gasteiger partial charge on any atom is -0.480 e. The maximum atomic E-state index is 11.5. The number of carbonyl (C=O) groups excluding carboxylic acids is 1. The van der Waals surface area contributed by atoms with Gasteiger partial charge in [-0.3, -0.25) is 4.79 Å². The molecule has 0 aromatic rings. The van der Waals surface area contributed by atoms with Crippen molar-refractivity contribution in [2.75, 3.05) is 0 Å². The zero-order chi connectivity index (χ0) is 12.9. The highest BCUT2D eigenvalue weighted by Crippen LogP contribution is 2.09. The van der Waals surface area contributed by atoms with Crippen LogP contribution in [0.1, 0.15) is 40.5 Å². The summed E-state index contributed by atoms with van der Waals surface area (Å²) in [6, 6.07) is -0.833. The summed E-state index contributed by atoms with van der Waals surface area (Å²) >= 11 is 0. The quantitative estimate of drug-likeness (QED) is 0.627. The Bertz CT molecular complexity index is 258. The van der Waals surface area contributed by atoms with Gasteiger partial charge in [0.25, 0.3) is 0 Å². The van der Waals surface area contributed by atoms with Gasteiger partial charge < -0.3 is 16.2 Å². The maximum absolute atomic E-state index is 11.5. The van der Waals surface area contributed by atoms with Crippen LogP contribution in [0.3, 0.4) is 0 Å². The summed E-state index contributed by atoms with van der Waals surface area (Å²) in [5.74, 6) is -1.42. The fourth-order valence-electron chi connectivity index (χ4n) is 1.32. The van der Waals surface area contributed by atoms with Crippen molar-refractivity contribution in [3.63, 3.8) is 0 Å². The van der Waals surface area contributed by atoms with Gasteiger partial charge in [0.2, 0.25) is 5.91 Å². The van der Waals surface area contributed by atoms with Crippen LogP contribution in [0.15, 0.2) is 0 Å². The molecule has 0 saturated heterocycles. The van der Waals surface area contributed by atoms with E-state index >= 15 is 0 Å². The molecule has 4 N–H and O–H groups in total. The first kappa shape index (κ1) is 14.9. The van der Waals surface area contributed by atoms with Crippen LogP contribution in [-0.2, 0) is 9.59 Å². The van der Waals surface area contributed by atoms with Gasteiger partial charge in [0.1, 0.15) is 6.04 Å². The minimum atomic E-state index is -1.00. The van der Waals surface area contributed by atoms with Gasteiger partial charge in [0, 0.05) is 12.0 Å². The lowest BCUT2D eigenvalue weighted by molar-refractivity contribution is -0.143. The Morgan fingerprint density at radius 1 is 1.44 bits per heavy atom. The van der Waals surface area contributed by atoms with Crippen molar-refractivity contribution >= 4 is 11.9 Å². The van der Waals surface area contributed by atoms with E-state index in [2.05, 4.69) is 5.32 Å². The third-order valence-electron chi connectivity index (χ3n) is 2.41. The molecule has 0 spiro atoms. The highest BCUT2D eigenvalue weighted by molar-refractivity contribution is 5.84. The fraction of sp³-hybridized carbons (Fsp3) is 0.818. The largest absolute Gasteiger partial charge is 0.480 e. The molecule has 1 amide bonds. The van der Waals surface area contributed by atoms with Gasteiger partial charge in [-0.1, -0.05) is 20.3 Å². The molecule has 0 heterocycles. The fourth-order valence-corrected chi connectivity index (χ4v) is 1.32. The van der Waals surface area contributed by atoms with Crippen molar-refractivity contribution in [1.82, 2.24) is 5.32 Å². The number of nitrogens with one attached hydrogen (secondary N) is 1. The number of nitrogens with two attached hydrogens (primary N) is 1. The molecule has 0 aromatic heterocycles. The van der Waals surface area contributed by atoms with E-state index in [1.54, 1.807) is 20.8 Å². The Hall–Kier alpha value is -1.10. The van der Waals surface area contributed by atoms with Crippen LogP contribution in [0.4, 0.5) is 0 Å². The summed E-state index contributed by atoms with van der Waals surface area (Å²) in [5, 5.41) is 11.5. The molecule has 0 aliphatic carbocycles. The first-order chi connectivity index (χ1) is 7.17.